The predicted octanol–water partition coefficient (Wildman–Crippen LogP) is 2.01. The van der Waals surface area contributed by atoms with Gasteiger partial charge in [0.15, 0.2) is 6.23 Å². The summed E-state index contributed by atoms with van der Waals surface area (Å²) in [5, 5.41) is 33.5. The molecule has 0 spiro atoms. The van der Waals surface area contributed by atoms with Gasteiger partial charge in [0.2, 0.25) is 0 Å². The van der Waals surface area contributed by atoms with Crippen LogP contribution in [0.1, 0.15) is 37.6 Å². The van der Waals surface area contributed by atoms with Crippen LogP contribution in [0.5, 0.6) is 0 Å². The lowest BCUT2D eigenvalue weighted by Crippen LogP contribution is -2.53. The number of rotatable bonds is 4. The number of ether oxygens (including phenoxy) is 1. The maximum absolute atomic E-state index is 14.0. The molecule has 4 rings (SSSR count). The summed E-state index contributed by atoms with van der Waals surface area (Å²) in [5.74, 6) is -0.780. The number of nitrogen functional groups attached to an aromatic ring is 1. The van der Waals surface area contributed by atoms with E-state index >= 15 is 0 Å². The van der Waals surface area contributed by atoms with E-state index in [4.69, 9.17) is 10.5 Å². The molecular weight excluding hydrogens is 417 g/mol. The lowest BCUT2D eigenvalue weighted by Gasteiger charge is -2.37. The molecule has 8 nitrogen and oxygen atoms in total. The number of anilines is 1. The number of aliphatic hydroxyl groups excluding tert-OH is 1. The van der Waals surface area contributed by atoms with Crippen LogP contribution in [0.25, 0.3) is 11.0 Å². The third-order valence-corrected chi connectivity index (χ3v) is 5.76. The summed E-state index contributed by atoms with van der Waals surface area (Å²) in [6.45, 7) is 2.43. The Balaban J connectivity index is 1.76. The number of halogens is 3. The fraction of sp³-hybridized carbons (Fsp3) is 0.400. The lowest BCUT2D eigenvalue weighted by molar-refractivity contribution is -0.161. The monoisotopic (exact) mass is 438 g/mol. The molecule has 2 aromatic heterocycles. The largest absolute Gasteiger partial charge is 0.385 e. The Morgan fingerprint density at radius 2 is 2.00 bits per heavy atom. The molecule has 0 saturated carbocycles. The first-order valence-corrected chi connectivity index (χ1v) is 9.39. The zero-order valence-corrected chi connectivity index (χ0v) is 16.6. The first kappa shape index (κ1) is 21.5. The molecular formula is C20H21F3N4O4. The molecule has 1 aliphatic heterocycles. The van der Waals surface area contributed by atoms with Crippen molar-refractivity contribution < 1.29 is 33.2 Å². The molecule has 3 heterocycles. The van der Waals surface area contributed by atoms with Gasteiger partial charge in [-0.05, 0) is 43.7 Å². The Morgan fingerprint density at radius 3 is 2.68 bits per heavy atom. The number of aliphatic hydroxyl groups is 3. The number of alkyl halides is 2. The topological polar surface area (TPSA) is 127 Å². The predicted molar refractivity (Wildman–Crippen MR) is 103 cm³/mol. The molecule has 1 saturated heterocycles. The minimum Gasteiger partial charge on any atom is -0.385 e. The number of benzene rings is 1. The zero-order chi connectivity index (χ0) is 22.7. The summed E-state index contributed by atoms with van der Waals surface area (Å²) in [6, 6.07) is 4.07. The Hall–Kier alpha value is -2.73. The summed E-state index contributed by atoms with van der Waals surface area (Å²) in [7, 11) is 0. The fourth-order valence-corrected chi connectivity index (χ4v) is 4.09. The molecule has 166 valence electrons. The van der Waals surface area contributed by atoms with Crippen molar-refractivity contribution in [2.24, 2.45) is 0 Å². The van der Waals surface area contributed by atoms with E-state index in [1.54, 1.807) is 6.07 Å². The average molecular weight is 438 g/mol. The first-order chi connectivity index (χ1) is 14.4. The molecule has 1 aliphatic rings. The van der Waals surface area contributed by atoms with Crippen LogP contribution in [0.3, 0.4) is 0 Å². The Morgan fingerprint density at radius 1 is 1.29 bits per heavy atom. The minimum atomic E-state index is -2.97. The highest BCUT2D eigenvalue weighted by Gasteiger charge is 2.59. The van der Waals surface area contributed by atoms with Crippen molar-refractivity contribution in [3.05, 3.63) is 53.7 Å². The van der Waals surface area contributed by atoms with Crippen molar-refractivity contribution in [2.75, 3.05) is 5.73 Å². The molecule has 0 radical (unpaired) electrons. The van der Waals surface area contributed by atoms with Crippen LogP contribution < -0.4 is 5.73 Å². The maximum Gasteiger partial charge on any atom is 0.263 e. The third kappa shape index (κ3) is 3.33. The smallest absolute Gasteiger partial charge is 0.263 e. The maximum atomic E-state index is 14.0. The average Bonchev–Trinajstić information content (AvgIpc) is 3.21. The summed E-state index contributed by atoms with van der Waals surface area (Å²) in [5.41, 5.74) is 1.10. The van der Waals surface area contributed by atoms with Crippen molar-refractivity contribution in [1.29, 1.82) is 0 Å². The summed E-state index contributed by atoms with van der Waals surface area (Å²) < 4.78 is 47.5. The third-order valence-electron chi connectivity index (χ3n) is 5.76. The molecule has 1 aromatic carbocycles. The molecule has 1 fully saturated rings. The van der Waals surface area contributed by atoms with Gasteiger partial charge in [0.25, 0.3) is 6.43 Å². The molecule has 0 amide bonds. The highest BCUT2D eigenvalue weighted by atomic mass is 19.3. The molecule has 5 N–H and O–H groups in total. The van der Waals surface area contributed by atoms with Gasteiger partial charge < -0.3 is 30.4 Å². The Bertz CT molecular complexity index is 1130. The van der Waals surface area contributed by atoms with E-state index in [1.807, 2.05) is 0 Å². The normalized spacial score (nSPS) is 28.4. The van der Waals surface area contributed by atoms with E-state index in [1.165, 1.54) is 30.9 Å². The Labute approximate surface area is 174 Å². The minimum absolute atomic E-state index is 0.200. The number of hydrogen-bond acceptors (Lipinski definition) is 7. The van der Waals surface area contributed by atoms with Crippen LogP contribution in [-0.4, -0.2) is 47.7 Å². The van der Waals surface area contributed by atoms with Crippen molar-refractivity contribution in [3.8, 4) is 0 Å². The van der Waals surface area contributed by atoms with Crippen molar-refractivity contribution >= 4 is 16.9 Å². The van der Waals surface area contributed by atoms with Crippen LogP contribution in [0.4, 0.5) is 19.0 Å². The molecule has 0 aliphatic carbocycles. The number of hydrogen-bond donors (Lipinski definition) is 4. The highest BCUT2D eigenvalue weighted by Crippen LogP contribution is 2.46. The van der Waals surface area contributed by atoms with E-state index in [0.29, 0.717) is 17.1 Å². The summed E-state index contributed by atoms with van der Waals surface area (Å²) >= 11 is 0. The second-order valence-electron chi connectivity index (χ2n) is 8.02. The van der Waals surface area contributed by atoms with E-state index in [-0.39, 0.29) is 11.4 Å². The van der Waals surface area contributed by atoms with Gasteiger partial charge in [0, 0.05) is 11.8 Å². The standard InChI is InChI=1S/C20H21F3N4O4/c1-19(29,10-5-9(14(22)23)6-11(21)7-10)18-20(2,30)13(28)17(31-18)27-4-3-12-15(24)25-8-26-16(12)27/h3-8,13-14,17-18,28-30H,1-2H3,(H2,24,25,26)/t13-,17+,18+,19?,20-/m0/s1. The van der Waals surface area contributed by atoms with Crippen molar-refractivity contribution in [3.63, 3.8) is 0 Å². The summed E-state index contributed by atoms with van der Waals surface area (Å²) in [4.78, 5) is 8.00. The molecule has 0 bridgehead atoms. The van der Waals surface area contributed by atoms with E-state index < -0.39 is 47.4 Å². The number of nitrogens with zero attached hydrogens (tertiary/aromatic N) is 3. The molecule has 31 heavy (non-hydrogen) atoms. The fourth-order valence-electron chi connectivity index (χ4n) is 4.09. The van der Waals surface area contributed by atoms with Crippen LogP contribution in [-0.2, 0) is 10.3 Å². The quantitative estimate of drug-likeness (QED) is 0.491. The second kappa shape index (κ2) is 7.16. The van der Waals surface area contributed by atoms with E-state index in [9.17, 15) is 28.5 Å². The molecule has 11 heteroatoms. The highest BCUT2D eigenvalue weighted by molar-refractivity contribution is 5.86. The SMILES string of the molecule is CC(O)(c1cc(F)cc(C(F)F)c1)[C@H]1O[C@@H](n2ccc3c(N)ncnc32)[C@H](O)[C@]1(C)O. The van der Waals surface area contributed by atoms with Gasteiger partial charge in [-0.1, -0.05) is 0 Å². The second-order valence-corrected chi connectivity index (χ2v) is 8.02. The van der Waals surface area contributed by atoms with E-state index in [2.05, 4.69) is 9.97 Å². The van der Waals surface area contributed by atoms with Gasteiger partial charge in [-0.3, -0.25) is 0 Å². The number of fused-ring (bicyclic) bond motifs is 1. The van der Waals surface area contributed by atoms with Crippen molar-refractivity contribution in [2.45, 2.75) is 49.9 Å². The van der Waals surface area contributed by atoms with Crippen LogP contribution >= 0.6 is 0 Å². The summed E-state index contributed by atoms with van der Waals surface area (Å²) in [6.07, 6.45) is -4.50. The van der Waals surface area contributed by atoms with Gasteiger partial charge >= 0.3 is 0 Å². The van der Waals surface area contributed by atoms with Crippen LogP contribution in [0.2, 0.25) is 0 Å². The van der Waals surface area contributed by atoms with Crippen LogP contribution in [0, 0.1) is 5.82 Å². The van der Waals surface area contributed by atoms with Crippen molar-refractivity contribution in [1.82, 2.24) is 14.5 Å². The van der Waals surface area contributed by atoms with E-state index in [0.717, 1.165) is 12.1 Å². The molecule has 5 atom stereocenters. The first-order valence-electron chi connectivity index (χ1n) is 9.39. The van der Waals surface area contributed by atoms with Gasteiger partial charge in [0.1, 0.15) is 47.0 Å². The lowest BCUT2D eigenvalue weighted by atomic mass is 9.79. The van der Waals surface area contributed by atoms with Gasteiger partial charge in [-0.15, -0.1) is 0 Å². The zero-order valence-electron chi connectivity index (χ0n) is 16.6. The van der Waals surface area contributed by atoms with Gasteiger partial charge in [-0.2, -0.15) is 0 Å². The Kier molecular flexibility index (Phi) is 4.97. The number of nitrogens with two attached hydrogens (primary N) is 1. The molecule has 1 unspecified atom stereocenters. The van der Waals surface area contributed by atoms with Crippen LogP contribution in [0.15, 0.2) is 36.8 Å². The van der Waals surface area contributed by atoms with Gasteiger partial charge in [-0.25, -0.2) is 23.1 Å². The number of aromatic nitrogens is 3. The van der Waals surface area contributed by atoms with Gasteiger partial charge in [0.05, 0.1) is 5.39 Å². The molecule has 3 aromatic rings.